The van der Waals surface area contributed by atoms with Crippen LogP contribution in [0.25, 0.3) is 0 Å². The van der Waals surface area contributed by atoms with Crippen LogP contribution in [0.2, 0.25) is 0 Å². The Morgan fingerprint density at radius 3 is 1.53 bits per heavy atom. The van der Waals surface area contributed by atoms with E-state index in [9.17, 15) is 0 Å². The van der Waals surface area contributed by atoms with Gasteiger partial charge >= 0.3 is 0 Å². The van der Waals surface area contributed by atoms with Crippen LogP contribution >= 0.6 is 0 Å². The molecule has 0 aromatic heterocycles. The number of nitrogens with zero attached hydrogens (tertiary/aromatic N) is 1. The minimum atomic E-state index is 0. The van der Waals surface area contributed by atoms with Crippen molar-refractivity contribution >= 4 is 0 Å². The zero-order valence-corrected chi connectivity index (χ0v) is 13.3. The molecule has 0 aliphatic heterocycles. The summed E-state index contributed by atoms with van der Waals surface area (Å²) in [6.45, 7) is 1.12. The molecule has 3 heteroatoms. The summed E-state index contributed by atoms with van der Waals surface area (Å²) in [5, 5.41) is 0. The standard InChI is InChI=1S/C9H15N.C5H5.BrH.Fe/c1-10(2,3)8-9-6-4-5-7-9;1-2-4-5-3-1;;/h4-7H,8H2,1-3H3;1-5H;1H;/q;-5;;/p-1. The fraction of sp³-hybridized carbons (Fsp3) is 0.286. The third-order valence-electron chi connectivity index (χ3n) is 1.94. The molecule has 0 heterocycles. The van der Waals surface area contributed by atoms with Crippen molar-refractivity contribution in [3.63, 3.8) is 0 Å². The van der Waals surface area contributed by atoms with E-state index in [-0.39, 0.29) is 34.1 Å². The number of hydrogen-bond acceptors (Lipinski definition) is 0. The van der Waals surface area contributed by atoms with Gasteiger partial charge in [-0.2, -0.15) is 12.1 Å². The van der Waals surface area contributed by atoms with Gasteiger partial charge in [0.2, 0.25) is 0 Å². The molecule has 0 atom stereocenters. The molecule has 0 N–H and O–H groups in total. The van der Waals surface area contributed by atoms with Crippen LogP contribution < -0.4 is 17.0 Å². The molecule has 0 unspecified atom stereocenters. The molecule has 0 aliphatic carbocycles. The van der Waals surface area contributed by atoms with E-state index in [1.807, 2.05) is 30.3 Å². The number of quaternary nitrogens is 1. The molecule has 0 amide bonds. The second-order valence-electron chi connectivity index (χ2n) is 4.70. The number of hydrogen-bond donors (Lipinski definition) is 0. The Labute approximate surface area is 126 Å². The second-order valence-corrected chi connectivity index (χ2v) is 4.70. The Morgan fingerprint density at radius 1 is 0.882 bits per heavy atom. The van der Waals surface area contributed by atoms with Gasteiger partial charge in [0.15, 0.2) is 0 Å². The first-order chi connectivity index (χ1) is 7.08. The summed E-state index contributed by atoms with van der Waals surface area (Å²) >= 11 is 0. The van der Waals surface area contributed by atoms with Crippen LogP contribution in [-0.2, 0) is 23.6 Å². The van der Waals surface area contributed by atoms with Gasteiger partial charge in [0, 0.05) is 17.1 Å². The Hall–Kier alpha value is -0.341. The molecular formula is C14H20BrFeN-6. The molecule has 0 saturated heterocycles. The molecule has 0 bridgehead atoms. The third-order valence-corrected chi connectivity index (χ3v) is 1.94. The molecule has 1 nitrogen and oxygen atoms in total. The average Bonchev–Trinajstić information content (AvgIpc) is 2.71. The van der Waals surface area contributed by atoms with E-state index in [0.717, 1.165) is 11.0 Å². The SMILES string of the molecule is C[N+](C)(C)C[c-]1cccc1.[Br-].[Fe].[cH-]1[cH-][cH-][cH-][cH-]1. The van der Waals surface area contributed by atoms with Gasteiger partial charge in [0.05, 0.1) is 27.7 Å². The minimum absolute atomic E-state index is 0. The molecule has 0 spiro atoms. The molecule has 0 fully saturated rings. The Balaban J connectivity index is 0. The van der Waals surface area contributed by atoms with Gasteiger partial charge in [-0.15, -0.1) is 5.56 Å². The Kier molecular flexibility index (Phi) is 10.8. The summed E-state index contributed by atoms with van der Waals surface area (Å²) in [5.74, 6) is 0. The molecule has 0 radical (unpaired) electrons. The summed E-state index contributed by atoms with van der Waals surface area (Å²) in [6, 6.07) is 18.5. The maximum absolute atomic E-state index is 2.20. The van der Waals surface area contributed by atoms with E-state index < -0.39 is 0 Å². The van der Waals surface area contributed by atoms with Crippen LogP contribution in [0.4, 0.5) is 0 Å². The maximum Gasteiger partial charge on any atom is 0.0671 e. The van der Waals surface area contributed by atoms with Gasteiger partial charge in [0.1, 0.15) is 0 Å². The van der Waals surface area contributed by atoms with E-state index in [1.165, 1.54) is 5.56 Å². The van der Waals surface area contributed by atoms with Crippen molar-refractivity contribution in [2.24, 2.45) is 0 Å². The molecule has 2 aromatic rings. The van der Waals surface area contributed by atoms with Crippen LogP contribution in [-0.4, -0.2) is 25.6 Å². The van der Waals surface area contributed by atoms with Crippen molar-refractivity contribution < 1.29 is 38.5 Å². The van der Waals surface area contributed by atoms with Crippen molar-refractivity contribution in [1.82, 2.24) is 0 Å². The Bertz CT molecular complexity index is 315. The number of rotatable bonds is 2. The smallest absolute Gasteiger partial charge is 0.0671 e. The topological polar surface area (TPSA) is 0 Å². The summed E-state index contributed by atoms with van der Waals surface area (Å²) in [4.78, 5) is 0. The van der Waals surface area contributed by atoms with Crippen molar-refractivity contribution in [1.29, 1.82) is 0 Å². The predicted octanol–water partition coefficient (Wildman–Crippen LogP) is 0.0187. The van der Waals surface area contributed by atoms with Gasteiger partial charge in [-0.05, 0) is 0 Å². The zero-order valence-electron chi connectivity index (χ0n) is 10.6. The minimum Gasteiger partial charge on any atom is -1.00 e. The molecule has 0 aliphatic rings. The van der Waals surface area contributed by atoms with Crippen LogP contribution in [0.1, 0.15) is 5.56 Å². The molecule has 102 valence electrons. The first-order valence-corrected chi connectivity index (χ1v) is 5.26. The first-order valence-electron chi connectivity index (χ1n) is 5.26. The predicted molar refractivity (Wildman–Crippen MR) is 65.8 cm³/mol. The van der Waals surface area contributed by atoms with Gasteiger partial charge in [0.25, 0.3) is 0 Å². The molecule has 17 heavy (non-hydrogen) atoms. The van der Waals surface area contributed by atoms with Crippen LogP contribution in [0.5, 0.6) is 0 Å². The van der Waals surface area contributed by atoms with Gasteiger partial charge in [-0.25, -0.2) is 12.1 Å². The van der Waals surface area contributed by atoms with Crippen molar-refractivity contribution in [2.75, 3.05) is 21.1 Å². The largest absolute Gasteiger partial charge is 1.00 e. The van der Waals surface area contributed by atoms with E-state index >= 15 is 0 Å². The van der Waals surface area contributed by atoms with Crippen LogP contribution in [0.3, 0.4) is 0 Å². The molecule has 2 rings (SSSR count). The van der Waals surface area contributed by atoms with Crippen LogP contribution in [0.15, 0.2) is 54.6 Å². The second kappa shape index (κ2) is 9.67. The Morgan fingerprint density at radius 2 is 1.24 bits per heavy atom. The monoisotopic (exact) mass is 337 g/mol. The van der Waals surface area contributed by atoms with Crippen molar-refractivity contribution in [3.8, 4) is 0 Å². The molecular weight excluding hydrogens is 318 g/mol. The fourth-order valence-electron chi connectivity index (χ4n) is 1.39. The maximum atomic E-state index is 2.20. The summed E-state index contributed by atoms with van der Waals surface area (Å²) in [6.07, 6.45) is 0. The quantitative estimate of drug-likeness (QED) is 0.412. The first kappa shape index (κ1) is 19.0. The normalized spacial score (nSPS) is 9.35. The average molecular weight is 338 g/mol. The van der Waals surface area contributed by atoms with Crippen molar-refractivity contribution in [3.05, 3.63) is 60.2 Å². The van der Waals surface area contributed by atoms with E-state index in [0.29, 0.717) is 0 Å². The van der Waals surface area contributed by atoms with E-state index in [2.05, 4.69) is 45.4 Å². The van der Waals surface area contributed by atoms with Crippen LogP contribution in [0, 0.1) is 0 Å². The zero-order chi connectivity index (χ0) is 11.1. The number of halogens is 1. The van der Waals surface area contributed by atoms with E-state index in [4.69, 9.17) is 0 Å². The fourth-order valence-corrected chi connectivity index (χ4v) is 1.39. The third kappa shape index (κ3) is 10.5. The van der Waals surface area contributed by atoms with Gasteiger partial charge in [-0.3, -0.25) is 0 Å². The summed E-state index contributed by atoms with van der Waals surface area (Å²) < 4.78 is 1.00. The summed E-state index contributed by atoms with van der Waals surface area (Å²) in [5.41, 5.74) is 1.42. The van der Waals surface area contributed by atoms with Crippen molar-refractivity contribution in [2.45, 2.75) is 6.54 Å². The summed E-state index contributed by atoms with van der Waals surface area (Å²) in [7, 11) is 6.60. The molecule has 0 saturated carbocycles. The molecule has 2 aromatic carbocycles. The van der Waals surface area contributed by atoms with E-state index in [1.54, 1.807) is 0 Å². The van der Waals surface area contributed by atoms with Gasteiger partial charge < -0.3 is 51.8 Å². The van der Waals surface area contributed by atoms with Gasteiger partial charge in [-0.1, -0.05) is 0 Å².